The van der Waals surface area contributed by atoms with Gasteiger partial charge in [-0.1, -0.05) is 29.3 Å². The van der Waals surface area contributed by atoms with Gasteiger partial charge in [0.1, 0.15) is 0 Å². The van der Waals surface area contributed by atoms with Gasteiger partial charge in [-0.3, -0.25) is 4.79 Å². The summed E-state index contributed by atoms with van der Waals surface area (Å²) in [5.41, 5.74) is 2.10. The molecule has 106 valence electrons. The Morgan fingerprint density at radius 2 is 2.05 bits per heavy atom. The molecule has 0 saturated heterocycles. The summed E-state index contributed by atoms with van der Waals surface area (Å²) < 4.78 is 0. The minimum absolute atomic E-state index is 0.180. The van der Waals surface area contributed by atoms with Crippen molar-refractivity contribution in [2.75, 3.05) is 7.05 Å². The van der Waals surface area contributed by atoms with Crippen molar-refractivity contribution < 1.29 is 4.79 Å². The highest BCUT2D eigenvalue weighted by atomic mass is 35.5. The number of hydrogen-bond acceptors (Lipinski definition) is 2. The number of nitrogens with one attached hydrogen (secondary N) is 3. The Kier molecular flexibility index (Phi) is 4.52. The summed E-state index contributed by atoms with van der Waals surface area (Å²) in [6.07, 6.45) is 0. The van der Waals surface area contributed by atoms with Gasteiger partial charge >= 0.3 is 0 Å². The summed E-state index contributed by atoms with van der Waals surface area (Å²) in [5, 5.41) is 10.0. The van der Waals surface area contributed by atoms with Gasteiger partial charge in [0.15, 0.2) is 5.11 Å². The third-order valence-electron chi connectivity index (χ3n) is 3.02. The van der Waals surface area contributed by atoms with Crippen LogP contribution in [0.2, 0.25) is 10.0 Å². The van der Waals surface area contributed by atoms with E-state index in [1.165, 1.54) is 0 Å². The summed E-state index contributed by atoms with van der Waals surface area (Å²) >= 11 is 17.1. The third-order valence-corrected chi connectivity index (χ3v) is 3.98. The van der Waals surface area contributed by atoms with Crippen LogP contribution >= 0.6 is 35.4 Å². The van der Waals surface area contributed by atoms with E-state index in [-0.39, 0.29) is 11.9 Å². The monoisotopic (exact) mass is 329 g/mol. The number of rotatable bonds is 2. The van der Waals surface area contributed by atoms with E-state index in [2.05, 4.69) is 16.0 Å². The van der Waals surface area contributed by atoms with E-state index in [4.69, 9.17) is 35.4 Å². The van der Waals surface area contributed by atoms with Crippen LogP contribution in [0.1, 0.15) is 18.5 Å². The maximum atomic E-state index is 12.1. The predicted molar refractivity (Wildman–Crippen MR) is 84.8 cm³/mol. The predicted octanol–water partition coefficient (Wildman–Crippen LogP) is 2.53. The Bertz CT molecular complexity index is 616. The quantitative estimate of drug-likeness (QED) is 0.730. The Hall–Kier alpha value is -1.30. The average Bonchev–Trinajstić information content (AvgIpc) is 2.40. The molecule has 0 bridgehead atoms. The number of thiocarbonyl (C=S) groups is 1. The first-order chi connectivity index (χ1) is 9.43. The van der Waals surface area contributed by atoms with Crippen LogP contribution in [-0.2, 0) is 4.79 Å². The Morgan fingerprint density at radius 3 is 2.65 bits per heavy atom. The van der Waals surface area contributed by atoms with Gasteiger partial charge < -0.3 is 16.0 Å². The van der Waals surface area contributed by atoms with Gasteiger partial charge in [0.2, 0.25) is 0 Å². The van der Waals surface area contributed by atoms with Crippen LogP contribution in [0, 0.1) is 0 Å². The lowest BCUT2D eigenvalue weighted by atomic mass is 9.95. The molecule has 0 fully saturated rings. The second-order valence-electron chi connectivity index (χ2n) is 4.32. The Labute approximate surface area is 132 Å². The van der Waals surface area contributed by atoms with Crippen molar-refractivity contribution in [1.82, 2.24) is 16.0 Å². The molecule has 0 aliphatic carbocycles. The van der Waals surface area contributed by atoms with Crippen molar-refractivity contribution >= 4 is 46.4 Å². The van der Waals surface area contributed by atoms with E-state index in [0.29, 0.717) is 26.4 Å². The van der Waals surface area contributed by atoms with Gasteiger partial charge in [0, 0.05) is 12.7 Å². The molecular formula is C13H13Cl2N3OS. The molecule has 1 aliphatic rings. The summed E-state index contributed by atoms with van der Waals surface area (Å²) in [7, 11) is 1.58. The number of allylic oxidation sites excluding steroid dienone is 1. The summed E-state index contributed by atoms with van der Waals surface area (Å²) in [6, 6.07) is 4.88. The second kappa shape index (κ2) is 5.99. The van der Waals surface area contributed by atoms with Crippen molar-refractivity contribution in [1.29, 1.82) is 0 Å². The van der Waals surface area contributed by atoms with E-state index < -0.39 is 0 Å². The molecule has 4 nitrogen and oxygen atoms in total. The van der Waals surface area contributed by atoms with Gasteiger partial charge in [0.05, 0.1) is 21.7 Å². The standard InChI is InChI=1S/C13H13Cl2N3OS/c1-6-10(12(19)16-2)11(18-13(20)17-6)7-3-4-8(14)9(15)5-7/h3-5,11H,1-2H3,(H,16,19)(H2,17,18,20). The molecule has 0 aromatic heterocycles. The van der Waals surface area contributed by atoms with Crippen LogP contribution in [-0.4, -0.2) is 18.1 Å². The van der Waals surface area contributed by atoms with Crippen LogP contribution in [0.4, 0.5) is 0 Å². The number of benzene rings is 1. The maximum absolute atomic E-state index is 12.1. The van der Waals surface area contributed by atoms with Gasteiger partial charge in [-0.25, -0.2) is 0 Å². The van der Waals surface area contributed by atoms with Crippen LogP contribution in [0.15, 0.2) is 29.5 Å². The number of amides is 1. The van der Waals surface area contributed by atoms with Crippen LogP contribution < -0.4 is 16.0 Å². The first-order valence-electron chi connectivity index (χ1n) is 5.89. The molecule has 1 aromatic rings. The topological polar surface area (TPSA) is 53.2 Å². The van der Waals surface area contributed by atoms with Gasteiger partial charge in [0.25, 0.3) is 5.91 Å². The fourth-order valence-electron chi connectivity index (χ4n) is 2.07. The lowest BCUT2D eigenvalue weighted by Crippen LogP contribution is -2.46. The lowest BCUT2D eigenvalue weighted by Gasteiger charge is -2.30. The molecule has 3 N–H and O–H groups in total. The number of likely N-dealkylation sites (N-methyl/N-ethyl adjacent to an activating group) is 1. The highest BCUT2D eigenvalue weighted by Gasteiger charge is 2.29. The zero-order valence-electron chi connectivity index (χ0n) is 10.9. The minimum Gasteiger partial charge on any atom is -0.355 e. The molecule has 7 heteroatoms. The van der Waals surface area contributed by atoms with Crippen molar-refractivity contribution in [2.45, 2.75) is 13.0 Å². The summed E-state index contributed by atoms with van der Waals surface area (Å²) in [6.45, 7) is 1.81. The normalized spacial score (nSPS) is 18.4. The number of hydrogen-bond donors (Lipinski definition) is 3. The Balaban J connectivity index is 2.50. The van der Waals surface area contributed by atoms with E-state index >= 15 is 0 Å². The first-order valence-corrected chi connectivity index (χ1v) is 7.05. The van der Waals surface area contributed by atoms with Crippen molar-refractivity contribution in [3.05, 3.63) is 45.1 Å². The maximum Gasteiger partial charge on any atom is 0.251 e. The third kappa shape index (κ3) is 2.90. The average molecular weight is 330 g/mol. The summed E-state index contributed by atoms with van der Waals surface area (Å²) in [5.74, 6) is -0.180. The molecule has 0 radical (unpaired) electrons. The number of carbonyl (C=O) groups excluding carboxylic acids is 1. The molecule has 1 unspecified atom stereocenters. The zero-order valence-corrected chi connectivity index (χ0v) is 13.2. The van der Waals surface area contributed by atoms with Crippen molar-refractivity contribution in [2.24, 2.45) is 0 Å². The van der Waals surface area contributed by atoms with E-state index in [1.807, 2.05) is 13.0 Å². The zero-order chi connectivity index (χ0) is 14.9. The van der Waals surface area contributed by atoms with E-state index in [9.17, 15) is 4.79 Å². The van der Waals surface area contributed by atoms with E-state index in [1.54, 1.807) is 19.2 Å². The molecule has 1 heterocycles. The fourth-order valence-corrected chi connectivity index (χ4v) is 2.65. The summed E-state index contributed by atoms with van der Waals surface area (Å²) in [4.78, 5) is 12.1. The second-order valence-corrected chi connectivity index (χ2v) is 5.55. The smallest absolute Gasteiger partial charge is 0.251 e. The van der Waals surface area contributed by atoms with E-state index in [0.717, 1.165) is 5.56 Å². The van der Waals surface area contributed by atoms with Crippen LogP contribution in [0.5, 0.6) is 0 Å². The number of carbonyl (C=O) groups is 1. The van der Waals surface area contributed by atoms with Crippen molar-refractivity contribution in [3.8, 4) is 0 Å². The molecule has 0 spiro atoms. The van der Waals surface area contributed by atoms with Crippen LogP contribution in [0.3, 0.4) is 0 Å². The SMILES string of the molecule is CNC(=O)C1=C(C)NC(=S)NC1c1ccc(Cl)c(Cl)c1. The van der Waals surface area contributed by atoms with Crippen LogP contribution in [0.25, 0.3) is 0 Å². The van der Waals surface area contributed by atoms with Gasteiger partial charge in [-0.05, 0) is 36.8 Å². The fraction of sp³-hybridized carbons (Fsp3) is 0.231. The minimum atomic E-state index is -0.363. The molecule has 1 atom stereocenters. The van der Waals surface area contributed by atoms with Crippen molar-refractivity contribution in [3.63, 3.8) is 0 Å². The molecular weight excluding hydrogens is 317 g/mol. The first kappa shape index (κ1) is 15.1. The molecule has 20 heavy (non-hydrogen) atoms. The highest BCUT2D eigenvalue weighted by molar-refractivity contribution is 7.80. The largest absolute Gasteiger partial charge is 0.355 e. The molecule has 2 rings (SSSR count). The molecule has 1 amide bonds. The Morgan fingerprint density at radius 1 is 1.35 bits per heavy atom. The van der Waals surface area contributed by atoms with Gasteiger partial charge in [-0.15, -0.1) is 0 Å². The molecule has 0 saturated carbocycles. The lowest BCUT2D eigenvalue weighted by molar-refractivity contribution is -0.117. The molecule has 1 aromatic carbocycles. The molecule has 1 aliphatic heterocycles. The highest BCUT2D eigenvalue weighted by Crippen LogP contribution is 2.31. The number of halogens is 2. The van der Waals surface area contributed by atoms with Gasteiger partial charge in [-0.2, -0.15) is 0 Å².